The van der Waals surface area contributed by atoms with Crippen molar-refractivity contribution in [2.75, 3.05) is 26.8 Å². The lowest BCUT2D eigenvalue weighted by atomic mass is 9.82. The van der Waals surface area contributed by atoms with Crippen LogP contribution in [0.3, 0.4) is 0 Å². The van der Waals surface area contributed by atoms with E-state index in [2.05, 4.69) is 4.98 Å². The molecule has 0 bridgehead atoms. The van der Waals surface area contributed by atoms with E-state index < -0.39 is 10.0 Å². The first-order valence-corrected chi connectivity index (χ1v) is 9.07. The Morgan fingerprint density at radius 2 is 2.14 bits per heavy atom. The predicted octanol–water partition coefficient (Wildman–Crippen LogP) is 0.769. The van der Waals surface area contributed by atoms with Crippen LogP contribution in [0.25, 0.3) is 0 Å². The van der Waals surface area contributed by atoms with Gasteiger partial charge in [0.2, 0.25) is 0 Å². The van der Waals surface area contributed by atoms with Gasteiger partial charge in [0.25, 0.3) is 10.0 Å². The number of rotatable bonds is 3. The van der Waals surface area contributed by atoms with Crippen LogP contribution in [-0.4, -0.2) is 60.8 Å². The van der Waals surface area contributed by atoms with Crippen molar-refractivity contribution in [3.8, 4) is 0 Å². The largest absolute Gasteiger partial charge is 0.378 e. The van der Waals surface area contributed by atoms with Crippen molar-refractivity contribution in [1.82, 2.24) is 13.9 Å². The van der Waals surface area contributed by atoms with Crippen LogP contribution in [0.2, 0.25) is 0 Å². The van der Waals surface area contributed by atoms with Gasteiger partial charge in [-0.2, -0.15) is 4.31 Å². The van der Waals surface area contributed by atoms with Gasteiger partial charge in [0, 0.05) is 40.1 Å². The molecule has 2 saturated heterocycles. The number of aromatic nitrogens is 2. The molecule has 7 nitrogen and oxygen atoms in total. The summed E-state index contributed by atoms with van der Waals surface area (Å²) in [6.07, 6.45) is 6.40. The Hall–Kier alpha value is -0.960. The predicted molar refractivity (Wildman–Crippen MR) is 79.9 cm³/mol. The Morgan fingerprint density at radius 1 is 1.41 bits per heavy atom. The Morgan fingerprint density at radius 3 is 2.73 bits per heavy atom. The summed E-state index contributed by atoms with van der Waals surface area (Å²) >= 11 is 0. The van der Waals surface area contributed by atoms with Crippen molar-refractivity contribution in [3.05, 3.63) is 12.5 Å². The molecule has 1 spiro atoms. The number of hydrogen-bond acceptors (Lipinski definition) is 5. The molecule has 0 radical (unpaired) electrons. The summed E-state index contributed by atoms with van der Waals surface area (Å²) in [5, 5.41) is 0.110. The number of ether oxygens (including phenoxy) is 2. The lowest BCUT2D eigenvalue weighted by molar-refractivity contribution is -0.182. The molecule has 2 fully saturated rings. The third-order valence-electron chi connectivity index (χ3n) is 4.73. The molecule has 3 heterocycles. The summed E-state index contributed by atoms with van der Waals surface area (Å²) in [4.78, 5) is 3.98. The molecule has 3 rings (SSSR count). The fourth-order valence-electron chi connectivity index (χ4n) is 3.46. The van der Waals surface area contributed by atoms with Crippen molar-refractivity contribution < 1.29 is 17.9 Å². The number of hydrogen-bond donors (Lipinski definition) is 0. The van der Waals surface area contributed by atoms with E-state index in [1.54, 1.807) is 18.7 Å². The van der Waals surface area contributed by atoms with Crippen molar-refractivity contribution in [2.45, 2.75) is 42.4 Å². The molecule has 1 atom stereocenters. The highest BCUT2D eigenvalue weighted by Crippen LogP contribution is 2.37. The molecule has 0 amide bonds. The maximum atomic E-state index is 12.6. The van der Waals surface area contributed by atoms with Gasteiger partial charge in [-0.25, -0.2) is 13.4 Å². The zero-order valence-electron chi connectivity index (χ0n) is 13.1. The van der Waals surface area contributed by atoms with Gasteiger partial charge in [-0.1, -0.05) is 0 Å². The molecule has 2 aliphatic rings. The highest BCUT2D eigenvalue weighted by molar-refractivity contribution is 7.89. The third kappa shape index (κ3) is 2.68. The molecule has 1 aromatic heterocycles. The van der Waals surface area contributed by atoms with Crippen LogP contribution in [0.1, 0.15) is 25.7 Å². The molecule has 22 heavy (non-hydrogen) atoms. The topological polar surface area (TPSA) is 73.7 Å². The first-order valence-electron chi connectivity index (χ1n) is 7.63. The second-order valence-electron chi connectivity index (χ2n) is 6.06. The molecule has 124 valence electrons. The summed E-state index contributed by atoms with van der Waals surface area (Å²) in [5.41, 5.74) is -0.330. The number of sulfonamides is 1. The third-order valence-corrected chi connectivity index (χ3v) is 6.51. The van der Waals surface area contributed by atoms with E-state index in [1.807, 2.05) is 0 Å². The summed E-state index contributed by atoms with van der Waals surface area (Å²) in [7, 11) is -0.0491. The number of imidazole rings is 1. The fraction of sp³-hybridized carbons (Fsp3) is 0.786. The number of aryl methyl sites for hydroxylation is 1. The minimum Gasteiger partial charge on any atom is -0.378 e. The molecule has 1 unspecified atom stereocenters. The van der Waals surface area contributed by atoms with E-state index in [4.69, 9.17) is 9.47 Å². The van der Waals surface area contributed by atoms with E-state index >= 15 is 0 Å². The fourth-order valence-corrected chi connectivity index (χ4v) is 4.87. The first kappa shape index (κ1) is 15.9. The minimum atomic E-state index is -3.52. The van der Waals surface area contributed by atoms with Gasteiger partial charge in [-0.15, -0.1) is 0 Å². The molecule has 0 saturated carbocycles. The number of nitrogens with zero attached hydrogens (tertiary/aromatic N) is 3. The molecular formula is C14H23N3O4S. The van der Waals surface area contributed by atoms with Crippen LogP contribution >= 0.6 is 0 Å². The van der Waals surface area contributed by atoms with Gasteiger partial charge in [0.05, 0.1) is 18.0 Å². The van der Waals surface area contributed by atoms with Crippen LogP contribution in [0.4, 0.5) is 0 Å². The van der Waals surface area contributed by atoms with E-state index in [1.165, 1.54) is 16.8 Å². The van der Waals surface area contributed by atoms with Gasteiger partial charge in [-0.05, 0) is 25.7 Å². The normalized spacial score (nSPS) is 26.4. The van der Waals surface area contributed by atoms with Crippen LogP contribution in [-0.2, 0) is 26.5 Å². The Labute approximate surface area is 131 Å². The molecule has 0 N–H and O–H groups in total. The zero-order chi connectivity index (χ0) is 15.8. The SMILES string of the molecule is COC1CCCOC12CCN(S(=O)(=O)c1cn(C)cn1)CC2. The second kappa shape index (κ2) is 5.92. The quantitative estimate of drug-likeness (QED) is 0.819. The highest BCUT2D eigenvalue weighted by Gasteiger charge is 2.46. The van der Waals surface area contributed by atoms with Gasteiger partial charge in [0.15, 0.2) is 5.03 Å². The van der Waals surface area contributed by atoms with Gasteiger partial charge in [0.1, 0.15) is 0 Å². The summed E-state index contributed by atoms with van der Waals surface area (Å²) in [6.45, 7) is 1.62. The minimum absolute atomic E-state index is 0.0564. The summed E-state index contributed by atoms with van der Waals surface area (Å²) < 4.78 is 39.9. The Balaban J connectivity index is 1.74. The van der Waals surface area contributed by atoms with Crippen LogP contribution < -0.4 is 0 Å². The zero-order valence-corrected chi connectivity index (χ0v) is 13.9. The Kier molecular flexibility index (Phi) is 4.28. The van der Waals surface area contributed by atoms with E-state index in [-0.39, 0.29) is 16.7 Å². The number of piperidine rings is 1. The van der Waals surface area contributed by atoms with Gasteiger partial charge >= 0.3 is 0 Å². The van der Waals surface area contributed by atoms with Crippen molar-refractivity contribution in [3.63, 3.8) is 0 Å². The monoisotopic (exact) mass is 329 g/mol. The molecular weight excluding hydrogens is 306 g/mol. The molecule has 1 aromatic rings. The maximum absolute atomic E-state index is 12.6. The van der Waals surface area contributed by atoms with E-state index in [9.17, 15) is 8.42 Å². The van der Waals surface area contributed by atoms with Gasteiger partial charge < -0.3 is 14.0 Å². The molecule has 0 aromatic carbocycles. The average Bonchev–Trinajstić information content (AvgIpc) is 2.96. The smallest absolute Gasteiger partial charge is 0.262 e. The highest BCUT2D eigenvalue weighted by atomic mass is 32.2. The van der Waals surface area contributed by atoms with E-state index in [0.717, 1.165) is 19.4 Å². The standard InChI is InChI=1S/C14H23N3O4S/c1-16-10-13(15-11-16)22(18,19)17-7-5-14(6-8-17)12(20-2)4-3-9-21-14/h10-12H,3-9H2,1-2H3. The van der Waals surface area contributed by atoms with Crippen LogP contribution in [0.15, 0.2) is 17.6 Å². The van der Waals surface area contributed by atoms with Crippen LogP contribution in [0.5, 0.6) is 0 Å². The van der Waals surface area contributed by atoms with Crippen molar-refractivity contribution in [1.29, 1.82) is 0 Å². The summed E-state index contributed by atoms with van der Waals surface area (Å²) in [5.74, 6) is 0. The lowest BCUT2D eigenvalue weighted by Gasteiger charge is -2.47. The summed E-state index contributed by atoms with van der Waals surface area (Å²) in [6, 6.07) is 0. The lowest BCUT2D eigenvalue weighted by Crippen LogP contribution is -2.56. The second-order valence-corrected chi connectivity index (χ2v) is 7.95. The first-order chi connectivity index (χ1) is 10.5. The molecule has 8 heteroatoms. The number of methoxy groups -OCH3 is 1. The maximum Gasteiger partial charge on any atom is 0.262 e. The van der Waals surface area contributed by atoms with E-state index in [0.29, 0.717) is 25.9 Å². The Bertz CT molecular complexity index is 620. The van der Waals surface area contributed by atoms with Crippen molar-refractivity contribution >= 4 is 10.0 Å². The van der Waals surface area contributed by atoms with Crippen LogP contribution in [0, 0.1) is 0 Å². The average molecular weight is 329 g/mol. The van der Waals surface area contributed by atoms with Gasteiger partial charge in [-0.3, -0.25) is 0 Å². The molecule has 0 aliphatic carbocycles. The van der Waals surface area contributed by atoms with Crippen molar-refractivity contribution in [2.24, 2.45) is 7.05 Å². The molecule has 2 aliphatic heterocycles.